The lowest BCUT2D eigenvalue weighted by atomic mass is 10.2. The van der Waals surface area contributed by atoms with Crippen LogP contribution in [0.5, 0.6) is 0 Å². The fourth-order valence-corrected chi connectivity index (χ4v) is 3.16. The van der Waals surface area contributed by atoms with Crippen molar-refractivity contribution < 1.29 is 0 Å². The first-order valence-corrected chi connectivity index (χ1v) is 8.03. The third-order valence-electron chi connectivity index (χ3n) is 4.44. The van der Waals surface area contributed by atoms with Crippen molar-refractivity contribution in [2.75, 3.05) is 38.1 Å². The first kappa shape index (κ1) is 14.9. The monoisotopic (exact) mass is 297 g/mol. The van der Waals surface area contributed by atoms with E-state index in [9.17, 15) is 0 Å². The Kier molecular flexibility index (Phi) is 4.30. The van der Waals surface area contributed by atoms with Crippen LogP contribution in [0.3, 0.4) is 0 Å². The molecule has 116 valence electrons. The number of likely N-dealkylation sites (N-methyl/N-ethyl adjacent to an activating group) is 1. The van der Waals surface area contributed by atoms with Crippen molar-refractivity contribution in [2.45, 2.75) is 26.3 Å². The molecule has 0 unspecified atom stereocenters. The van der Waals surface area contributed by atoms with Gasteiger partial charge in [0.05, 0.1) is 23.7 Å². The maximum absolute atomic E-state index is 8.89. The molecule has 2 aromatic rings. The Morgan fingerprint density at radius 3 is 2.68 bits per heavy atom. The summed E-state index contributed by atoms with van der Waals surface area (Å²) >= 11 is 0. The van der Waals surface area contributed by atoms with Crippen molar-refractivity contribution >= 4 is 16.7 Å². The molecule has 0 N–H and O–H groups in total. The van der Waals surface area contributed by atoms with Crippen LogP contribution >= 0.6 is 0 Å². The van der Waals surface area contributed by atoms with Gasteiger partial charge in [0, 0.05) is 39.1 Å². The first-order valence-electron chi connectivity index (χ1n) is 8.03. The van der Waals surface area contributed by atoms with E-state index in [4.69, 9.17) is 10.2 Å². The predicted molar refractivity (Wildman–Crippen MR) is 89.1 cm³/mol. The average Bonchev–Trinajstić information content (AvgIpc) is 2.91. The molecule has 0 saturated carbocycles. The molecule has 2 heterocycles. The van der Waals surface area contributed by atoms with Crippen LogP contribution in [0.1, 0.15) is 19.2 Å². The highest BCUT2D eigenvalue weighted by atomic mass is 15.3. The summed E-state index contributed by atoms with van der Waals surface area (Å²) in [5.74, 6) is 1.08. The molecule has 0 aliphatic carbocycles. The van der Waals surface area contributed by atoms with Crippen molar-refractivity contribution in [1.82, 2.24) is 14.5 Å². The zero-order chi connectivity index (χ0) is 15.5. The Bertz CT molecular complexity index is 689. The Morgan fingerprint density at radius 2 is 2.00 bits per heavy atom. The largest absolute Gasteiger partial charge is 0.367 e. The minimum atomic E-state index is 0.525. The topological polar surface area (TPSA) is 48.1 Å². The van der Waals surface area contributed by atoms with Gasteiger partial charge in [0.2, 0.25) is 0 Å². The maximum atomic E-state index is 8.89. The normalized spacial score (nSPS) is 16.1. The second kappa shape index (κ2) is 6.37. The number of nitriles is 1. The van der Waals surface area contributed by atoms with E-state index < -0.39 is 0 Å². The Balaban J connectivity index is 2.01. The van der Waals surface area contributed by atoms with Crippen molar-refractivity contribution in [3.05, 3.63) is 24.0 Å². The summed E-state index contributed by atoms with van der Waals surface area (Å²) in [6.45, 7) is 7.12. The molecule has 3 rings (SSSR count). The molecule has 0 atom stereocenters. The Morgan fingerprint density at radius 1 is 1.23 bits per heavy atom. The molecule has 5 nitrogen and oxygen atoms in total. The zero-order valence-electron chi connectivity index (χ0n) is 13.4. The standard InChI is InChI=1S/C17H23N5/c1-3-16-19-17-14(21-12-10-20(2)11-13-21)6-4-7-15(17)22(16)9-5-8-18/h4,6-7H,3,5,9-13H2,1-2H3. The lowest BCUT2D eigenvalue weighted by Gasteiger charge is -2.34. The molecular weight excluding hydrogens is 274 g/mol. The van der Waals surface area contributed by atoms with Crippen LogP contribution < -0.4 is 4.90 Å². The number of nitrogens with zero attached hydrogens (tertiary/aromatic N) is 5. The molecule has 0 amide bonds. The zero-order valence-corrected chi connectivity index (χ0v) is 13.4. The first-order chi connectivity index (χ1) is 10.7. The second-order valence-corrected chi connectivity index (χ2v) is 5.88. The van der Waals surface area contributed by atoms with Crippen molar-refractivity contribution in [3.8, 4) is 6.07 Å². The van der Waals surface area contributed by atoms with Crippen molar-refractivity contribution in [1.29, 1.82) is 5.26 Å². The lowest BCUT2D eigenvalue weighted by molar-refractivity contribution is 0.313. The number of para-hydroxylation sites is 1. The predicted octanol–water partition coefficient (Wildman–Crippen LogP) is 2.26. The van der Waals surface area contributed by atoms with Gasteiger partial charge in [0.15, 0.2) is 0 Å². The highest BCUT2D eigenvalue weighted by molar-refractivity contribution is 5.89. The van der Waals surface area contributed by atoms with Gasteiger partial charge in [0.1, 0.15) is 11.3 Å². The summed E-state index contributed by atoms with van der Waals surface area (Å²) in [5.41, 5.74) is 3.47. The number of hydrogen-bond acceptors (Lipinski definition) is 4. The van der Waals surface area contributed by atoms with E-state index in [1.165, 1.54) is 5.69 Å². The van der Waals surface area contributed by atoms with Gasteiger partial charge in [-0.1, -0.05) is 13.0 Å². The van der Waals surface area contributed by atoms with Crippen molar-refractivity contribution in [3.63, 3.8) is 0 Å². The van der Waals surface area contributed by atoms with Crippen LogP contribution in [-0.4, -0.2) is 47.7 Å². The molecule has 1 saturated heterocycles. The van der Waals surface area contributed by atoms with Crippen LogP contribution in [0.4, 0.5) is 5.69 Å². The van der Waals surface area contributed by atoms with Gasteiger partial charge < -0.3 is 14.4 Å². The van der Waals surface area contributed by atoms with Gasteiger partial charge in [-0.25, -0.2) is 4.98 Å². The van der Waals surface area contributed by atoms with Crippen LogP contribution in [0.15, 0.2) is 18.2 Å². The quantitative estimate of drug-likeness (QED) is 0.868. The SMILES string of the molecule is CCc1nc2c(N3CCN(C)CC3)cccc2n1CCC#N. The molecule has 5 heteroatoms. The van der Waals surface area contributed by atoms with Gasteiger partial charge >= 0.3 is 0 Å². The van der Waals surface area contributed by atoms with E-state index in [-0.39, 0.29) is 0 Å². The smallest absolute Gasteiger partial charge is 0.112 e. The number of aryl methyl sites for hydroxylation is 2. The van der Waals surface area contributed by atoms with Crippen LogP contribution in [0.2, 0.25) is 0 Å². The van der Waals surface area contributed by atoms with Crippen LogP contribution in [0, 0.1) is 11.3 Å². The van der Waals surface area contributed by atoms with E-state index in [0.29, 0.717) is 6.42 Å². The van der Waals surface area contributed by atoms with E-state index >= 15 is 0 Å². The summed E-state index contributed by atoms with van der Waals surface area (Å²) in [7, 11) is 2.17. The number of aromatic nitrogens is 2. The molecule has 0 radical (unpaired) electrons. The van der Waals surface area contributed by atoms with Gasteiger partial charge in [-0.15, -0.1) is 0 Å². The average molecular weight is 297 g/mol. The summed E-state index contributed by atoms with van der Waals surface area (Å²) in [6, 6.07) is 8.65. The number of hydrogen-bond donors (Lipinski definition) is 0. The summed E-state index contributed by atoms with van der Waals surface area (Å²) in [4.78, 5) is 9.67. The van der Waals surface area contributed by atoms with Gasteiger partial charge in [-0.3, -0.25) is 0 Å². The van der Waals surface area contributed by atoms with Crippen LogP contribution in [-0.2, 0) is 13.0 Å². The maximum Gasteiger partial charge on any atom is 0.112 e. The lowest BCUT2D eigenvalue weighted by Crippen LogP contribution is -2.44. The van der Waals surface area contributed by atoms with E-state index in [1.807, 2.05) is 0 Å². The van der Waals surface area contributed by atoms with Crippen LogP contribution in [0.25, 0.3) is 11.0 Å². The number of benzene rings is 1. The molecule has 1 aliphatic rings. The number of imidazole rings is 1. The fraction of sp³-hybridized carbons (Fsp3) is 0.529. The van der Waals surface area contributed by atoms with Gasteiger partial charge in [-0.2, -0.15) is 5.26 Å². The molecule has 1 aliphatic heterocycles. The fourth-order valence-electron chi connectivity index (χ4n) is 3.16. The minimum Gasteiger partial charge on any atom is -0.367 e. The molecule has 0 bridgehead atoms. The summed E-state index contributed by atoms with van der Waals surface area (Å²) in [5, 5.41) is 8.89. The Labute approximate surface area is 131 Å². The van der Waals surface area contributed by atoms with Gasteiger partial charge in [-0.05, 0) is 19.2 Å². The molecular formula is C17H23N5. The minimum absolute atomic E-state index is 0.525. The van der Waals surface area contributed by atoms with E-state index in [0.717, 1.165) is 56.0 Å². The highest BCUT2D eigenvalue weighted by Crippen LogP contribution is 2.28. The molecule has 22 heavy (non-hydrogen) atoms. The number of anilines is 1. The summed E-state index contributed by atoms with van der Waals surface area (Å²) < 4.78 is 2.21. The van der Waals surface area contributed by atoms with E-state index in [2.05, 4.69) is 52.6 Å². The molecule has 1 aromatic heterocycles. The molecule has 1 fully saturated rings. The highest BCUT2D eigenvalue weighted by Gasteiger charge is 2.19. The second-order valence-electron chi connectivity index (χ2n) is 5.88. The number of piperazine rings is 1. The third kappa shape index (κ3) is 2.67. The number of fused-ring (bicyclic) bond motifs is 1. The molecule has 0 spiro atoms. The van der Waals surface area contributed by atoms with Gasteiger partial charge in [0.25, 0.3) is 0 Å². The van der Waals surface area contributed by atoms with E-state index in [1.54, 1.807) is 0 Å². The number of rotatable bonds is 4. The Hall–Kier alpha value is -2.06. The van der Waals surface area contributed by atoms with Crippen molar-refractivity contribution in [2.24, 2.45) is 0 Å². The summed E-state index contributed by atoms with van der Waals surface area (Å²) in [6.07, 6.45) is 1.42. The third-order valence-corrected chi connectivity index (χ3v) is 4.44. The molecule has 1 aromatic carbocycles.